The normalized spacial score (nSPS) is 11.4. The molecule has 1 aromatic rings. The molecule has 0 spiro atoms. The van der Waals surface area contributed by atoms with Gasteiger partial charge in [0.05, 0.1) is 0 Å². The van der Waals surface area contributed by atoms with Crippen molar-refractivity contribution in [3.05, 3.63) is 21.9 Å². The average molecular weight is 449 g/mol. The monoisotopic (exact) mass is 448 g/mol. The lowest BCUT2D eigenvalue weighted by atomic mass is 10.0. The molecule has 0 aliphatic carbocycles. The Morgan fingerprint density at radius 1 is 0.452 bits per heavy atom. The summed E-state index contributed by atoms with van der Waals surface area (Å²) in [6.45, 7) is 4.61. The van der Waals surface area contributed by atoms with Crippen molar-refractivity contribution < 1.29 is 0 Å². The van der Waals surface area contributed by atoms with Crippen LogP contribution in [0.2, 0.25) is 0 Å². The van der Waals surface area contributed by atoms with E-state index in [0.717, 1.165) is 0 Å². The molecule has 1 aromatic heterocycles. The summed E-state index contributed by atoms with van der Waals surface area (Å²) in [5, 5.41) is 2.34. The quantitative estimate of drug-likeness (QED) is 0.138. The van der Waals surface area contributed by atoms with Gasteiger partial charge in [-0.15, -0.1) is 11.3 Å². The number of hydrogen-bond acceptors (Lipinski definition) is 1. The van der Waals surface area contributed by atoms with E-state index in [0.29, 0.717) is 0 Å². The minimum Gasteiger partial charge on any atom is -0.149 e. The number of unbranched alkanes of at least 4 members (excludes halogenated alkanes) is 20. The largest absolute Gasteiger partial charge is 0.149 e. The first-order valence-electron chi connectivity index (χ1n) is 14.4. The lowest BCUT2D eigenvalue weighted by Gasteiger charge is -2.06. The Morgan fingerprint density at radius 2 is 0.806 bits per heavy atom. The maximum Gasteiger partial charge on any atom is 0.00772 e. The summed E-state index contributed by atoms with van der Waals surface area (Å²) in [4.78, 5) is 1.70. The van der Waals surface area contributed by atoms with E-state index in [1.54, 1.807) is 10.4 Å². The maximum absolute atomic E-state index is 2.41. The van der Waals surface area contributed by atoms with Crippen LogP contribution in [0.5, 0.6) is 0 Å². The van der Waals surface area contributed by atoms with Gasteiger partial charge in [0.2, 0.25) is 0 Å². The molecule has 0 saturated heterocycles. The van der Waals surface area contributed by atoms with Gasteiger partial charge in [-0.05, 0) is 42.7 Å². The highest BCUT2D eigenvalue weighted by Gasteiger charge is 2.04. The Balaban J connectivity index is 1.91. The summed E-state index contributed by atoms with van der Waals surface area (Å²) in [6.07, 6.45) is 34.4. The third-order valence-electron chi connectivity index (χ3n) is 6.89. The van der Waals surface area contributed by atoms with Crippen molar-refractivity contribution in [1.82, 2.24) is 0 Å². The van der Waals surface area contributed by atoms with Crippen LogP contribution in [0.1, 0.15) is 166 Å². The maximum atomic E-state index is 2.41. The van der Waals surface area contributed by atoms with Gasteiger partial charge in [0, 0.05) is 4.88 Å². The van der Waals surface area contributed by atoms with Gasteiger partial charge in [-0.3, -0.25) is 0 Å². The minimum atomic E-state index is 1.33. The molecule has 0 aliphatic heterocycles. The van der Waals surface area contributed by atoms with Gasteiger partial charge in [0.15, 0.2) is 0 Å². The second-order valence-corrected chi connectivity index (χ2v) is 10.9. The Kier molecular flexibility index (Phi) is 21.2. The smallest absolute Gasteiger partial charge is 0.00772 e. The standard InChI is InChI=1S/C30H56S/c1-3-5-7-9-11-13-15-17-19-21-23-25-29-27-28-31-30(29)26-24-22-20-18-16-14-12-10-8-6-4-2/h27-28H,3-26H2,1-2H3. The summed E-state index contributed by atoms with van der Waals surface area (Å²) < 4.78 is 0. The van der Waals surface area contributed by atoms with Crippen molar-refractivity contribution in [2.24, 2.45) is 0 Å². The second kappa shape index (κ2) is 22.9. The summed E-state index contributed by atoms with van der Waals surface area (Å²) in [6, 6.07) is 2.41. The summed E-state index contributed by atoms with van der Waals surface area (Å²) >= 11 is 2.01. The van der Waals surface area contributed by atoms with Crippen molar-refractivity contribution in [2.45, 2.75) is 168 Å². The van der Waals surface area contributed by atoms with Gasteiger partial charge in [0.1, 0.15) is 0 Å². The van der Waals surface area contributed by atoms with Gasteiger partial charge in [-0.2, -0.15) is 0 Å². The van der Waals surface area contributed by atoms with Gasteiger partial charge >= 0.3 is 0 Å². The van der Waals surface area contributed by atoms with Crippen LogP contribution >= 0.6 is 11.3 Å². The molecule has 0 atom stereocenters. The molecule has 0 aromatic carbocycles. The van der Waals surface area contributed by atoms with Crippen LogP contribution in [0.4, 0.5) is 0 Å². The van der Waals surface area contributed by atoms with Crippen molar-refractivity contribution in [3.63, 3.8) is 0 Å². The molecular weight excluding hydrogens is 392 g/mol. The van der Waals surface area contributed by atoms with E-state index in [-0.39, 0.29) is 0 Å². The topological polar surface area (TPSA) is 0 Å². The summed E-state index contributed by atoms with van der Waals surface area (Å²) in [7, 11) is 0. The Labute approximate surface area is 201 Å². The van der Waals surface area contributed by atoms with Crippen LogP contribution in [0.15, 0.2) is 11.4 Å². The van der Waals surface area contributed by atoms with Crippen LogP contribution in [-0.4, -0.2) is 0 Å². The highest BCUT2D eigenvalue weighted by molar-refractivity contribution is 7.10. The molecule has 1 heteroatoms. The molecule has 0 amide bonds. The third kappa shape index (κ3) is 17.9. The van der Waals surface area contributed by atoms with E-state index in [1.807, 2.05) is 11.3 Å². The molecule has 31 heavy (non-hydrogen) atoms. The van der Waals surface area contributed by atoms with E-state index in [2.05, 4.69) is 25.3 Å². The van der Waals surface area contributed by atoms with E-state index < -0.39 is 0 Å². The number of hydrogen-bond donors (Lipinski definition) is 0. The molecule has 1 heterocycles. The lowest BCUT2D eigenvalue weighted by molar-refractivity contribution is 0.547. The van der Waals surface area contributed by atoms with Crippen molar-refractivity contribution in [1.29, 1.82) is 0 Å². The zero-order valence-corrected chi connectivity index (χ0v) is 22.4. The molecule has 0 aliphatic rings. The molecule has 0 unspecified atom stereocenters. The molecule has 0 bridgehead atoms. The first-order valence-corrected chi connectivity index (χ1v) is 15.3. The minimum absolute atomic E-state index is 1.33. The van der Waals surface area contributed by atoms with E-state index in [1.165, 1.54) is 154 Å². The lowest BCUT2D eigenvalue weighted by Crippen LogP contribution is -1.91. The average Bonchev–Trinajstić information content (AvgIpc) is 3.23. The zero-order valence-electron chi connectivity index (χ0n) is 21.5. The molecule has 0 saturated carbocycles. The molecule has 0 nitrogen and oxygen atoms in total. The van der Waals surface area contributed by atoms with Crippen molar-refractivity contribution >= 4 is 11.3 Å². The predicted molar refractivity (Wildman–Crippen MR) is 145 cm³/mol. The highest BCUT2D eigenvalue weighted by atomic mass is 32.1. The van der Waals surface area contributed by atoms with Crippen LogP contribution in [0, 0.1) is 0 Å². The molecule has 1 rings (SSSR count). The molecule has 182 valence electrons. The second-order valence-electron chi connectivity index (χ2n) is 9.94. The predicted octanol–water partition coefficient (Wildman–Crippen LogP) is 11.5. The first-order chi connectivity index (χ1) is 15.4. The van der Waals surface area contributed by atoms with Gasteiger partial charge in [0.25, 0.3) is 0 Å². The zero-order chi connectivity index (χ0) is 22.2. The Bertz CT molecular complexity index is 420. The molecule has 0 radical (unpaired) electrons. The van der Waals surface area contributed by atoms with Crippen LogP contribution in [-0.2, 0) is 12.8 Å². The van der Waals surface area contributed by atoms with E-state index in [4.69, 9.17) is 0 Å². The molecular formula is C30H56S. The number of aryl methyl sites for hydroxylation is 2. The van der Waals surface area contributed by atoms with Crippen molar-refractivity contribution in [3.8, 4) is 0 Å². The Morgan fingerprint density at radius 3 is 1.23 bits per heavy atom. The fourth-order valence-electron chi connectivity index (χ4n) is 4.74. The Hall–Kier alpha value is -0.300. The first kappa shape index (κ1) is 28.7. The van der Waals surface area contributed by atoms with E-state index in [9.17, 15) is 0 Å². The van der Waals surface area contributed by atoms with Crippen LogP contribution in [0.3, 0.4) is 0 Å². The number of thiophene rings is 1. The fraction of sp³-hybridized carbons (Fsp3) is 0.867. The highest BCUT2D eigenvalue weighted by Crippen LogP contribution is 2.23. The molecule has 0 fully saturated rings. The SMILES string of the molecule is CCCCCCCCCCCCCc1ccsc1CCCCCCCCCCCCC. The van der Waals surface area contributed by atoms with Gasteiger partial charge in [-0.25, -0.2) is 0 Å². The van der Waals surface area contributed by atoms with E-state index >= 15 is 0 Å². The molecule has 0 N–H and O–H groups in total. The summed E-state index contributed by atoms with van der Waals surface area (Å²) in [5.41, 5.74) is 1.67. The van der Waals surface area contributed by atoms with Gasteiger partial charge in [-0.1, -0.05) is 142 Å². The van der Waals surface area contributed by atoms with Gasteiger partial charge < -0.3 is 0 Å². The summed E-state index contributed by atoms with van der Waals surface area (Å²) in [5.74, 6) is 0. The van der Waals surface area contributed by atoms with Crippen LogP contribution < -0.4 is 0 Å². The number of rotatable bonds is 24. The third-order valence-corrected chi connectivity index (χ3v) is 7.92. The van der Waals surface area contributed by atoms with Crippen molar-refractivity contribution in [2.75, 3.05) is 0 Å². The van der Waals surface area contributed by atoms with Crippen LogP contribution in [0.25, 0.3) is 0 Å². The fourth-order valence-corrected chi connectivity index (χ4v) is 5.72.